The van der Waals surface area contributed by atoms with Gasteiger partial charge >= 0.3 is 7.12 Å². The minimum absolute atomic E-state index is 0.0598. The molecule has 0 aliphatic carbocycles. The van der Waals surface area contributed by atoms with Crippen molar-refractivity contribution < 1.29 is 13.7 Å². The van der Waals surface area contributed by atoms with Crippen LogP contribution in [0.1, 0.15) is 25.0 Å². The molecule has 0 unspecified atom stereocenters. The van der Waals surface area contributed by atoms with E-state index in [0.717, 1.165) is 0 Å². The average Bonchev–Trinajstić information content (AvgIpc) is 2.31. The van der Waals surface area contributed by atoms with E-state index >= 15 is 0 Å². The Morgan fingerprint density at radius 1 is 1.33 bits per heavy atom. The molecule has 0 atom stereocenters. The third kappa shape index (κ3) is 2.40. The maximum Gasteiger partial charge on any atom is 0.496 e. The normalized spacial score (nSPS) is 18.5. The molecule has 2 rings (SSSR count). The van der Waals surface area contributed by atoms with Crippen LogP contribution < -0.4 is 5.46 Å². The van der Waals surface area contributed by atoms with Crippen molar-refractivity contribution in [3.05, 3.63) is 29.1 Å². The van der Waals surface area contributed by atoms with Gasteiger partial charge in [0.2, 0.25) is 0 Å². The summed E-state index contributed by atoms with van der Waals surface area (Å²) in [5.74, 6) is -0.540. The monoisotopic (exact) mass is 247 g/mol. The zero-order chi connectivity index (χ0) is 13.3. The van der Waals surface area contributed by atoms with E-state index in [1.54, 1.807) is 19.1 Å². The summed E-state index contributed by atoms with van der Waals surface area (Å²) in [5, 5.41) is 8.93. The second-order valence-corrected chi connectivity index (χ2v) is 5.39. The van der Waals surface area contributed by atoms with Crippen LogP contribution in [0.3, 0.4) is 0 Å². The fourth-order valence-electron chi connectivity index (χ4n) is 1.88. The topological polar surface area (TPSA) is 42.2 Å². The third-order valence-corrected chi connectivity index (χ3v) is 3.00. The lowest BCUT2D eigenvalue weighted by molar-refractivity contribution is 0.0340. The first-order valence-corrected chi connectivity index (χ1v) is 5.87. The summed E-state index contributed by atoms with van der Waals surface area (Å²) in [6, 6.07) is 5.20. The molecule has 0 saturated carbocycles. The second kappa shape index (κ2) is 4.71. The van der Waals surface area contributed by atoms with Crippen LogP contribution in [0.25, 0.3) is 0 Å². The standard InChI is InChI=1S/C13H15BFNO2/c1-9-4-5-11(12(15)10(9)6-16)14-17-7-13(2,3)8-18-14/h4-5H,7-8H2,1-3H3. The van der Waals surface area contributed by atoms with Crippen LogP contribution in [0.2, 0.25) is 0 Å². The largest absolute Gasteiger partial charge is 0.496 e. The number of aryl methyl sites for hydroxylation is 1. The van der Waals surface area contributed by atoms with Crippen LogP contribution in [-0.2, 0) is 9.31 Å². The Bertz CT molecular complexity index is 500. The Balaban J connectivity index is 2.28. The van der Waals surface area contributed by atoms with Gasteiger partial charge in [0.05, 0.1) is 5.56 Å². The number of benzene rings is 1. The van der Waals surface area contributed by atoms with Crippen molar-refractivity contribution in [2.24, 2.45) is 5.41 Å². The Morgan fingerprint density at radius 3 is 2.50 bits per heavy atom. The molecule has 1 heterocycles. The fourth-order valence-corrected chi connectivity index (χ4v) is 1.88. The molecule has 1 aliphatic rings. The summed E-state index contributed by atoms with van der Waals surface area (Å²) in [6.07, 6.45) is 0. The van der Waals surface area contributed by atoms with Gasteiger partial charge in [0.1, 0.15) is 11.9 Å². The summed E-state index contributed by atoms with van der Waals surface area (Å²) >= 11 is 0. The van der Waals surface area contributed by atoms with Gasteiger partial charge in [-0.2, -0.15) is 5.26 Å². The number of halogens is 1. The summed E-state index contributed by atoms with van der Waals surface area (Å²) in [5.41, 5.74) is 0.919. The highest BCUT2D eigenvalue weighted by atomic mass is 19.1. The van der Waals surface area contributed by atoms with Crippen LogP contribution in [-0.4, -0.2) is 20.3 Å². The van der Waals surface area contributed by atoms with E-state index in [0.29, 0.717) is 24.2 Å². The van der Waals surface area contributed by atoms with Crippen LogP contribution in [0.5, 0.6) is 0 Å². The van der Waals surface area contributed by atoms with Crippen molar-refractivity contribution in [1.29, 1.82) is 5.26 Å². The molecular weight excluding hydrogens is 232 g/mol. The van der Waals surface area contributed by atoms with E-state index in [2.05, 4.69) is 0 Å². The maximum absolute atomic E-state index is 14.1. The van der Waals surface area contributed by atoms with Crippen molar-refractivity contribution in [2.75, 3.05) is 13.2 Å². The number of nitriles is 1. The number of hydrogen-bond donors (Lipinski definition) is 0. The summed E-state index contributed by atoms with van der Waals surface area (Å²) < 4.78 is 25.2. The van der Waals surface area contributed by atoms with Crippen LogP contribution in [0.15, 0.2) is 12.1 Å². The minimum atomic E-state index is -0.717. The van der Waals surface area contributed by atoms with Crippen molar-refractivity contribution in [3.8, 4) is 6.07 Å². The molecular formula is C13H15BFNO2. The number of rotatable bonds is 1. The molecule has 1 aromatic carbocycles. The smallest absolute Gasteiger partial charge is 0.407 e. The highest BCUT2D eigenvalue weighted by Crippen LogP contribution is 2.22. The molecule has 0 spiro atoms. The molecule has 1 aliphatic heterocycles. The molecule has 1 aromatic rings. The van der Waals surface area contributed by atoms with E-state index in [-0.39, 0.29) is 11.0 Å². The predicted molar refractivity (Wildman–Crippen MR) is 66.9 cm³/mol. The Morgan fingerprint density at radius 2 is 1.94 bits per heavy atom. The lowest BCUT2D eigenvalue weighted by Gasteiger charge is -2.33. The summed E-state index contributed by atoms with van der Waals surface area (Å²) in [4.78, 5) is 0. The van der Waals surface area contributed by atoms with Crippen molar-refractivity contribution >= 4 is 12.6 Å². The van der Waals surface area contributed by atoms with Crippen molar-refractivity contribution in [3.63, 3.8) is 0 Å². The fraction of sp³-hybridized carbons (Fsp3) is 0.462. The lowest BCUT2D eigenvalue weighted by atomic mass is 9.74. The second-order valence-electron chi connectivity index (χ2n) is 5.39. The first kappa shape index (κ1) is 13.1. The van der Waals surface area contributed by atoms with Crippen LogP contribution in [0, 0.1) is 29.5 Å². The van der Waals surface area contributed by atoms with Gasteiger partial charge in [0.25, 0.3) is 0 Å². The van der Waals surface area contributed by atoms with E-state index in [4.69, 9.17) is 14.6 Å². The Kier molecular flexibility index (Phi) is 3.42. The molecule has 0 radical (unpaired) electrons. The first-order valence-electron chi connectivity index (χ1n) is 5.87. The van der Waals surface area contributed by atoms with Crippen molar-refractivity contribution in [1.82, 2.24) is 0 Å². The first-order chi connectivity index (χ1) is 8.44. The molecule has 94 valence electrons. The van der Waals surface area contributed by atoms with Gasteiger partial charge < -0.3 is 9.31 Å². The molecule has 1 saturated heterocycles. The van der Waals surface area contributed by atoms with E-state index in [9.17, 15) is 4.39 Å². The van der Waals surface area contributed by atoms with E-state index < -0.39 is 12.9 Å². The van der Waals surface area contributed by atoms with Gasteiger partial charge in [-0.15, -0.1) is 0 Å². The lowest BCUT2D eigenvalue weighted by Crippen LogP contribution is -2.48. The van der Waals surface area contributed by atoms with Gasteiger partial charge in [0.15, 0.2) is 0 Å². The zero-order valence-corrected chi connectivity index (χ0v) is 10.8. The molecule has 0 aromatic heterocycles. The van der Waals surface area contributed by atoms with E-state index in [1.807, 2.05) is 19.9 Å². The number of nitrogens with zero attached hydrogens (tertiary/aromatic N) is 1. The quantitative estimate of drug-likeness (QED) is 0.710. The van der Waals surface area contributed by atoms with E-state index in [1.165, 1.54) is 0 Å². The highest BCUT2D eigenvalue weighted by Gasteiger charge is 2.35. The predicted octanol–water partition coefficient (Wildman–Crippen LogP) is 1.77. The van der Waals surface area contributed by atoms with Crippen LogP contribution in [0.4, 0.5) is 4.39 Å². The van der Waals surface area contributed by atoms with Gasteiger partial charge in [-0.3, -0.25) is 0 Å². The van der Waals surface area contributed by atoms with Crippen molar-refractivity contribution in [2.45, 2.75) is 20.8 Å². The minimum Gasteiger partial charge on any atom is -0.407 e. The average molecular weight is 247 g/mol. The molecule has 0 N–H and O–H groups in total. The van der Waals surface area contributed by atoms with Gasteiger partial charge in [-0.05, 0) is 12.5 Å². The zero-order valence-electron chi connectivity index (χ0n) is 10.8. The maximum atomic E-state index is 14.1. The van der Waals surface area contributed by atoms with Gasteiger partial charge in [0, 0.05) is 24.1 Å². The Hall–Kier alpha value is -1.38. The molecule has 5 heteroatoms. The molecule has 1 fully saturated rings. The summed E-state index contributed by atoms with van der Waals surface area (Å²) in [6.45, 7) is 6.77. The SMILES string of the molecule is Cc1ccc(B2OCC(C)(C)CO2)c(F)c1C#N. The van der Waals surface area contributed by atoms with Crippen LogP contribution >= 0.6 is 0 Å². The molecule has 18 heavy (non-hydrogen) atoms. The van der Waals surface area contributed by atoms with Gasteiger partial charge in [-0.1, -0.05) is 26.0 Å². The molecule has 0 bridgehead atoms. The Labute approximate surface area is 107 Å². The third-order valence-electron chi connectivity index (χ3n) is 3.00. The highest BCUT2D eigenvalue weighted by molar-refractivity contribution is 6.61. The summed E-state index contributed by atoms with van der Waals surface area (Å²) in [7, 11) is -0.717. The molecule has 0 amide bonds. The van der Waals surface area contributed by atoms with Gasteiger partial charge in [-0.25, -0.2) is 4.39 Å². The molecule has 3 nitrogen and oxygen atoms in total. The number of hydrogen-bond acceptors (Lipinski definition) is 3.